The van der Waals surface area contributed by atoms with Crippen LogP contribution in [0.15, 0.2) is 6.20 Å². The molecule has 2 N–H and O–H groups in total. The topological polar surface area (TPSA) is 90.8 Å². The van der Waals surface area contributed by atoms with Crippen LogP contribution in [-0.4, -0.2) is 28.8 Å². The Morgan fingerprint density at radius 3 is 3.35 bits per heavy atom. The number of amides is 1. The first kappa shape index (κ1) is 11.6. The van der Waals surface area contributed by atoms with E-state index in [9.17, 15) is 4.79 Å². The molecular formula is C11H14N4O2. The standard InChI is InChI=1S/C11H14N4O2/c12-6-8-7-13-15-11(8)14-10(16)4-3-9-2-1-5-17-9/h7,9H,1-5H2,(H2,13,14,15,16). The molecule has 0 spiro atoms. The summed E-state index contributed by atoms with van der Waals surface area (Å²) in [5.74, 6) is 0.242. The molecule has 2 rings (SSSR count). The summed E-state index contributed by atoms with van der Waals surface area (Å²) in [6.07, 6.45) is 4.82. The molecule has 17 heavy (non-hydrogen) atoms. The Balaban J connectivity index is 1.79. The van der Waals surface area contributed by atoms with Gasteiger partial charge in [0.05, 0.1) is 12.3 Å². The second kappa shape index (κ2) is 5.46. The Bertz CT molecular complexity index is 429. The van der Waals surface area contributed by atoms with E-state index in [4.69, 9.17) is 10.00 Å². The second-order valence-corrected chi connectivity index (χ2v) is 3.99. The summed E-state index contributed by atoms with van der Waals surface area (Å²) in [5, 5.41) is 17.6. The Kier molecular flexibility index (Phi) is 3.73. The van der Waals surface area contributed by atoms with E-state index in [1.165, 1.54) is 6.20 Å². The minimum absolute atomic E-state index is 0.124. The lowest BCUT2D eigenvalue weighted by molar-refractivity contribution is -0.116. The number of hydrogen-bond acceptors (Lipinski definition) is 4. The number of rotatable bonds is 4. The van der Waals surface area contributed by atoms with Crippen molar-refractivity contribution in [3.8, 4) is 6.07 Å². The zero-order valence-corrected chi connectivity index (χ0v) is 9.40. The fourth-order valence-corrected chi connectivity index (χ4v) is 1.83. The number of aromatic amines is 1. The molecule has 1 unspecified atom stereocenters. The molecule has 0 bridgehead atoms. The second-order valence-electron chi connectivity index (χ2n) is 3.99. The predicted octanol–water partition coefficient (Wildman–Crippen LogP) is 1.18. The van der Waals surface area contributed by atoms with Gasteiger partial charge in [-0.1, -0.05) is 0 Å². The predicted molar refractivity (Wildman–Crippen MR) is 60.1 cm³/mol. The number of nitriles is 1. The average Bonchev–Trinajstić information content (AvgIpc) is 2.97. The largest absolute Gasteiger partial charge is 0.378 e. The van der Waals surface area contributed by atoms with Crippen LogP contribution in [0.5, 0.6) is 0 Å². The number of aromatic nitrogens is 2. The number of hydrogen-bond donors (Lipinski definition) is 2. The first-order chi connectivity index (χ1) is 8.29. The van der Waals surface area contributed by atoms with E-state index >= 15 is 0 Å². The van der Waals surface area contributed by atoms with E-state index in [1.54, 1.807) is 0 Å². The van der Waals surface area contributed by atoms with Crippen LogP contribution in [0.1, 0.15) is 31.2 Å². The van der Waals surface area contributed by atoms with Crippen LogP contribution in [0.3, 0.4) is 0 Å². The van der Waals surface area contributed by atoms with Gasteiger partial charge in [-0.25, -0.2) is 0 Å². The van der Waals surface area contributed by atoms with Crippen molar-refractivity contribution in [1.82, 2.24) is 10.2 Å². The Labute approximate surface area is 99.0 Å². The zero-order chi connectivity index (χ0) is 12.1. The molecule has 0 aromatic carbocycles. The molecule has 1 amide bonds. The number of carbonyl (C=O) groups excluding carboxylic acids is 1. The summed E-state index contributed by atoms with van der Waals surface area (Å²) in [5.41, 5.74) is 0.343. The number of carbonyl (C=O) groups is 1. The van der Waals surface area contributed by atoms with E-state index in [0.29, 0.717) is 17.8 Å². The van der Waals surface area contributed by atoms with Crippen LogP contribution in [0.2, 0.25) is 0 Å². The van der Waals surface area contributed by atoms with Gasteiger partial charge in [0, 0.05) is 13.0 Å². The SMILES string of the molecule is N#Cc1cn[nH]c1NC(=O)CCC1CCCO1. The molecule has 1 aliphatic heterocycles. The molecule has 1 saturated heterocycles. The lowest BCUT2D eigenvalue weighted by Gasteiger charge is -2.08. The van der Waals surface area contributed by atoms with Crippen LogP contribution in [0.4, 0.5) is 5.82 Å². The molecule has 1 aliphatic rings. The van der Waals surface area contributed by atoms with Gasteiger partial charge < -0.3 is 10.1 Å². The molecule has 6 heteroatoms. The summed E-state index contributed by atoms with van der Waals surface area (Å²) < 4.78 is 5.43. The van der Waals surface area contributed by atoms with Crippen molar-refractivity contribution < 1.29 is 9.53 Å². The van der Waals surface area contributed by atoms with Crippen LogP contribution >= 0.6 is 0 Å². The van der Waals surface area contributed by atoms with Gasteiger partial charge in [0.25, 0.3) is 0 Å². The molecule has 2 heterocycles. The fourth-order valence-electron chi connectivity index (χ4n) is 1.83. The summed E-state index contributed by atoms with van der Waals surface area (Å²) in [4.78, 5) is 11.6. The first-order valence-electron chi connectivity index (χ1n) is 5.64. The number of H-pyrrole nitrogens is 1. The number of nitrogens with zero attached hydrogens (tertiary/aromatic N) is 2. The van der Waals surface area contributed by atoms with Gasteiger partial charge in [0.1, 0.15) is 17.5 Å². The van der Waals surface area contributed by atoms with Gasteiger partial charge in [0.2, 0.25) is 5.91 Å². The molecule has 1 atom stereocenters. The summed E-state index contributed by atoms with van der Waals surface area (Å²) in [6, 6.07) is 1.94. The summed E-state index contributed by atoms with van der Waals surface area (Å²) in [7, 11) is 0. The van der Waals surface area contributed by atoms with Crippen molar-refractivity contribution in [2.75, 3.05) is 11.9 Å². The third-order valence-electron chi connectivity index (χ3n) is 2.74. The lowest BCUT2D eigenvalue weighted by Crippen LogP contribution is -2.16. The average molecular weight is 234 g/mol. The highest BCUT2D eigenvalue weighted by molar-refractivity contribution is 5.90. The summed E-state index contributed by atoms with van der Waals surface area (Å²) in [6.45, 7) is 0.797. The van der Waals surface area contributed by atoms with Crippen LogP contribution in [0.25, 0.3) is 0 Å². The maximum atomic E-state index is 11.6. The normalized spacial score (nSPS) is 18.9. The minimum Gasteiger partial charge on any atom is -0.378 e. The van der Waals surface area contributed by atoms with Gasteiger partial charge in [-0.2, -0.15) is 10.4 Å². The van der Waals surface area contributed by atoms with Crippen LogP contribution < -0.4 is 5.32 Å². The Morgan fingerprint density at radius 1 is 1.76 bits per heavy atom. The van der Waals surface area contributed by atoms with Crippen LogP contribution in [0, 0.1) is 11.3 Å². The smallest absolute Gasteiger partial charge is 0.225 e. The van der Waals surface area contributed by atoms with Gasteiger partial charge in [0.15, 0.2) is 0 Å². The van der Waals surface area contributed by atoms with Gasteiger partial charge in [-0.05, 0) is 19.3 Å². The molecule has 90 valence electrons. The highest BCUT2D eigenvalue weighted by Crippen LogP contribution is 2.17. The zero-order valence-electron chi connectivity index (χ0n) is 9.40. The molecule has 1 aromatic heterocycles. The first-order valence-corrected chi connectivity index (χ1v) is 5.64. The molecule has 6 nitrogen and oxygen atoms in total. The van der Waals surface area contributed by atoms with Crippen molar-refractivity contribution >= 4 is 11.7 Å². The lowest BCUT2D eigenvalue weighted by atomic mass is 10.1. The van der Waals surface area contributed by atoms with Gasteiger partial charge in [-0.3, -0.25) is 9.89 Å². The fraction of sp³-hybridized carbons (Fsp3) is 0.545. The van der Waals surface area contributed by atoms with Crippen molar-refractivity contribution in [2.45, 2.75) is 31.8 Å². The monoisotopic (exact) mass is 234 g/mol. The highest BCUT2D eigenvalue weighted by Gasteiger charge is 2.17. The third kappa shape index (κ3) is 3.04. The Hall–Kier alpha value is -1.87. The molecule has 0 radical (unpaired) electrons. The van der Waals surface area contributed by atoms with Gasteiger partial charge in [-0.15, -0.1) is 0 Å². The summed E-state index contributed by atoms with van der Waals surface area (Å²) >= 11 is 0. The van der Waals surface area contributed by atoms with E-state index < -0.39 is 0 Å². The highest BCUT2D eigenvalue weighted by atomic mass is 16.5. The van der Waals surface area contributed by atoms with E-state index in [0.717, 1.165) is 25.9 Å². The van der Waals surface area contributed by atoms with E-state index in [-0.39, 0.29) is 12.0 Å². The quantitative estimate of drug-likeness (QED) is 0.818. The molecule has 1 fully saturated rings. The molecule has 0 saturated carbocycles. The number of anilines is 1. The minimum atomic E-state index is -0.124. The Morgan fingerprint density at radius 2 is 2.65 bits per heavy atom. The van der Waals surface area contributed by atoms with Crippen LogP contribution in [-0.2, 0) is 9.53 Å². The third-order valence-corrected chi connectivity index (χ3v) is 2.74. The number of ether oxygens (including phenoxy) is 1. The van der Waals surface area contributed by atoms with Gasteiger partial charge >= 0.3 is 0 Å². The maximum absolute atomic E-state index is 11.6. The van der Waals surface area contributed by atoms with Crippen molar-refractivity contribution in [2.24, 2.45) is 0 Å². The van der Waals surface area contributed by atoms with E-state index in [1.807, 2.05) is 6.07 Å². The van der Waals surface area contributed by atoms with E-state index in [2.05, 4.69) is 15.5 Å². The molecule has 1 aromatic rings. The number of nitrogens with one attached hydrogen (secondary N) is 2. The molecule has 0 aliphatic carbocycles. The molecular weight excluding hydrogens is 220 g/mol. The van der Waals surface area contributed by atoms with Crippen molar-refractivity contribution in [1.29, 1.82) is 5.26 Å². The van der Waals surface area contributed by atoms with Crippen molar-refractivity contribution in [3.05, 3.63) is 11.8 Å². The van der Waals surface area contributed by atoms with Crippen molar-refractivity contribution in [3.63, 3.8) is 0 Å². The maximum Gasteiger partial charge on any atom is 0.225 e.